The molecule has 1 unspecified atom stereocenters. The summed E-state index contributed by atoms with van der Waals surface area (Å²) in [6.07, 6.45) is 6.54. The molecular weight excluding hydrogens is 200 g/mol. The Kier molecular flexibility index (Phi) is 4.34. The quantitative estimate of drug-likeness (QED) is 0.726. The van der Waals surface area contributed by atoms with Crippen molar-refractivity contribution in [2.24, 2.45) is 16.8 Å². The fourth-order valence-electron chi connectivity index (χ4n) is 2.10. The van der Waals surface area contributed by atoms with Crippen molar-refractivity contribution in [2.45, 2.75) is 44.6 Å². The van der Waals surface area contributed by atoms with Gasteiger partial charge in [0.1, 0.15) is 0 Å². The molecule has 14 heavy (non-hydrogen) atoms. The maximum atomic E-state index is 10.7. The summed E-state index contributed by atoms with van der Waals surface area (Å²) in [7, 11) is -3.34. The fourth-order valence-corrected chi connectivity index (χ4v) is 2.70. The van der Waals surface area contributed by atoms with Crippen LogP contribution in [0.25, 0.3) is 0 Å². The second-order valence-corrected chi connectivity index (χ2v) is 5.95. The van der Waals surface area contributed by atoms with Gasteiger partial charge in [0.2, 0.25) is 10.0 Å². The highest BCUT2D eigenvalue weighted by atomic mass is 32.2. The maximum Gasteiger partial charge on any atom is 0.209 e. The lowest BCUT2D eigenvalue weighted by molar-refractivity contribution is 0.300. The van der Waals surface area contributed by atoms with Crippen molar-refractivity contribution in [3.8, 4) is 0 Å². The molecule has 0 heterocycles. The van der Waals surface area contributed by atoms with Crippen LogP contribution in [0.5, 0.6) is 0 Å². The number of sulfonamides is 1. The van der Waals surface area contributed by atoms with E-state index in [1.807, 2.05) is 0 Å². The van der Waals surface area contributed by atoms with E-state index in [9.17, 15) is 8.42 Å². The Morgan fingerprint density at radius 2 is 1.79 bits per heavy atom. The molecule has 0 aromatic carbocycles. The zero-order chi connectivity index (χ0) is 10.6. The first-order valence-corrected chi connectivity index (χ1v) is 6.96. The summed E-state index contributed by atoms with van der Waals surface area (Å²) in [5.41, 5.74) is 5.94. The minimum absolute atomic E-state index is 0.00799. The Morgan fingerprint density at radius 1 is 1.21 bits per heavy atom. The number of rotatable bonds is 4. The average Bonchev–Trinajstić information content (AvgIpc) is 2.14. The van der Waals surface area contributed by atoms with E-state index >= 15 is 0 Å². The van der Waals surface area contributed by atoms with E-state index in [-0.39, 0.29) is 11.8 Å². The summed E-state index contributed by atoms with van der Waals surface area (Å²) in [4.78, 5) is 0. The van der Waals surface area contributed by atoms with Gasteiger partial charge in [-0.25, -0.2) is 13.6 Å². The van der Waals surface area contributed by atoms with Gasteiger partial charge in [0.25, 0.3) is 0 Å². The van der Waals surface area contributed by atoms with E-state index < -0.39 is 10.0 Å². The molecule has 5 heteroatoms. The van der Waals surface area contributed by atoms with Crippen LogP contribution in [0.2, 0.25) is 0 Å². The Morgan fingerprint density at radius 3 is 2.29 bits per heavy atom. The lowest BCUT2D eigenvalue weighted by atomic mass is 9.83. The Balaban J connectivity index is 2.30. The lowest BCUT2D eigenvalue weighted by Crippen LogP contribution is -2.34. The Hall–Kier alpha value is -0.130. The average molecular weight is 220 g/mol. The summed E-state index contributed by atoms with van der Waals surface area (Å²) < 4.78 is 21.5. The maximum absolute atomic E-state index is 10.7. The van der Waals surface area contributed by atoms with Crippen molar-refractivity contribution in [2.75, 3.05) is 5.75 Å². The standard InChI is InChI=1S/C9H20N2O2S/c10-9(6-7-14(11,12)13)8-4-2-1-3-5-8/h8-9H,1-7,10H2,(H2,11,12,13). The molecular formula is C9H20N2O2S. The molecule has 1 rings (SSSR count). The zero-order valence-corrected chi connectivity index (χ0v) is 9.30. The Bertz CT molecular complexity index is 258. The summed E-state index contributed by atoms with van der Waals surface area (Å²) in [5, 5.41) is 4.93. The van der Waals surface area contributed by atoms with Gasteiger partial charge in [0.15, 0.2) is 0 Å². The fraction of sp³-hybridized carbons (Fsp3) is 1.00. The molecule has 0 aromatic heterocycles. The van der Waals surface area contributed by atoms with Crippen LogP contribution in [0.15, 0.2) is 0 Å². The predicted molar refractivity (Wildman–Crippen MR) is 57.1 cm³/mol. The van der Waals surface area contributed by atoms with Gasteiger partial charge in [-0.15, -0.1) is 0 Å². The number of hydrogen-bond acceptors (Lipinski definition) is 3. The van der Waals surface area contributed by atoms with Crippen LogP contribution in [0.4, 0.5) is 0 Å². The van der Waals surface area contributed by atoms with Gasteiger partial charge in [-0.05, 0) is 25.2 Å². The molecule has 0 aromatic rings. The molecule has 1 fully saturated rings. The predicted octanol–water partition coefficient (Wildman–Crippen LogP) is 0.573. The first-order chi connectivity index (χ1) is 6.49. The second kappa shape index (κ2) is 5.09. The van der Waals surface area contributed by atoms with Gasteiger partial charge >= 0.3 is 0 Å². The van der Waals surface area contributed by atoms with Gasteiger partial charge in [-0.1, -0.05) is 19.3 Å². The normalized spacial score (nSPS) is 22.1. The smallest absolute Gasteiger partial charge is 0.209 e. The molecule has 1 aliphatic rings. The summed E-state index contributed by atoms with van der Waals surface area (Å²) in [5.74, 6) is 0.524. The van der Waals surface area contributed by atoms with Crippen LogP contribution >= 0.6 is 0 Å². The van der Waals surface area contributed by atoms with Crippen LogP contribution in [0.1, 0.15) is 38.5 Å². The van der Waals surface area contributed by atoms with Gasteiger partial charge in [0, 0.05) is 6.04 Å². The molecule has 0 saturated heterocycles. The summed E-state index contributed by atoms with van der Waals surface area (Å²) >= 11 is 0. The van der Waals surface area contributed by atoms with E-state index in [1.165, 1.54) is 19.3 Å². The molecule has 0 radical (unpaired) electrons. The number of hydrogen-bond donors (Lipinski definition) is 2. The second-order valence-electron chi connectivity index (χ2n) is 4.22. The molecule has 4 N–H and O–H groups in total. The highest BCUT2D eigenvalue weighted by Gasteiger charge is 2.21. The van der Waals surface area contributed by atoms with Gasteiger partial charge in [-0.2, -0.15) is 0 Å². The van der Waals surface area contributed by atoms with E-state index in [2.05, 4.69) is 0 Å². The SMILES string of the molecule is NC(CCS(N)(=O)=O)C1CCCCC1. The highest BCUT2D eigenvalue weighted by molar-refractivity contribution is 7.89. The molecule has 0 amide bonds. The molecule has 1 saturated carbocycles. The lowest BCUT2D eigenvalue weighted by Gasteiger charge is -2.27. The van der Waals surface area contributed by atoms with E-state index in [0.717, 1.165) is 12.8 Å². The summed E-state index contributed by atoms with van der Waals surface area (Å²) in [6, 6.07) is 0.00799. The largest absolute Gasteiger partial charge is 0.327 e. The molecule has 84 valence electrons. The molecule has 0 aliphatic heterocycles. The van der Waals surface area contributed by atoms with Crippen molar-refractivity contribution in [3.63, 3.8) is 0 Å². The van der Waals surface area contributed by atoms with Crippen LogP contribution in [-0.4, -0.2) is 20.2 Å². The number of nitrogens with two attached hydrogens (primary N) is 2. The van der Waals surface area contributed by atoms with Gasteiger partial charge < -0.3 is 5.73 Å². The molecule has 4 nitrogen and oxygen atoms in total. The van der Waals surface area contributed by atoms with Crippen LogP contribution in [-0.2, 0) is 10.0 Å². The van der Waals surface area contributed by atoms with E-state index in [4.69, 9.17) is 10.9 Å². The third kappa shape index (κ3) is 4.39. The van der Waals surface area contributed by atoms with Crippen molar-refractivity contribution in [1.29, 1.82) is 0 Å². The third-order valence-electron chi connectivity index (χ3n) is 2.99. The summed E-state index contributed by atoms with van der Waals surface area (Å²) in [6.45, 7) is 0. The molecule has 1 atom stereocenters. The topological polar surface area (TPSA) is 86.2 Å². The Labute approximate surface area is 86.1 Å². The zero-order valence-electron chi connectivity index (χ0n) is 8.48. The minimum atomic E-state index is -3.34. The first-order valence-electron chi connectivity index (χ1n) is 5.25. The van der Waals surface area contributed by atoms with Crippen molar-refractivity contribution >= 4 is 10.0 Å². The monoisotopic (exact) mass is 220 g/mol. The first kappa shape index (κ1) is 11.9. The van der Waals surface area contributed by atoms with E-state index in [1.54, 1.807) is 0 Å². The van der Waals surface area contributed by atoms with Crippen LogP contribution in [0.3, 0.4) is 0 Å². The molecule has 0 bridgehead atoms. The van der Waals surface area contributed by atoms with E-state index in [0.29, 0.717) is 12.3 Å². The highest BCUT2D eigenvalue weighted by Crippen LogP contribution is 2.26. The van der Waals surface area contributed by atoms with Crippen LogP contribution in [0, 0.1) is 5.92 Å². The van der Waals surface area contributed by atoms with Crippen molar-refractivity contribution in [1.82, 2.24) is 0 Å². The van der Waals surface area contributed by atoms with Crippen LogP contribution < -0.4 is 10.9 Å². The van der Waals surface area contributed by atoms with Gasteiger partial charge in [-0.3, -0.25) is 0 Å². The third-order valence-corrected chi connectivity index (χ3v) is 3.80. The number of primary sulfonamides is 1. The minimum Gasteiger partial charge on any atom is -0.327 e. The molecule has 0 spiro atoms. The van der Waals surface area contributed by atoms with Crippen molar-refractivity contribution < 1.29 is 8.42 Å². The van der Waals surface area contributed by atoms with Gasteiger partial charge in [0.05, 0.1) is 5.75 Å². The molecule has 1 aliphatic carbocycles. The van der Waals surface area contributed by atoms with Crippen molar-refractivity contribution in [3.05, 3.63) is 0 Å².